The summed E-state index contributed by atoms with van der Waals surface area (Å²) in [6, 6.07) is 10.0. The summed E-state index contributed by atoms with van der Waals surface area (Å²) >= 11 is 12.2. The van der Waals surface area contributed by atoms with Crippen molar-refractivity contribution in [1.82, 2.24) is 5.32 Å². The Labute approximate surface area is 132 Å². The summed E-state index contributed by atoms with van der Waals surface area (Å²) in [7, 11) is 1.89. The van der Waals surface area contributed by atoms with E-state index in [1.54, 1.807) is 12.1 Å². The number of rotatable bonds is 2. The highest BCUT2D eigenvalue weighted by Gasteiger charge is 2.29. The van der Waals surface area contributed by atoms with E-state index in [-0.39, 0.29) is 18.0 Å². The second-order valence-corrected chi connectivity index (χ2v) is 5.88. The zero-order valence-corrected chi connectivity index (χ0v) is 12.9. The second-order valence-electron chi connectivity index (χ2n) is 5.03. The molecule has 5 heteroatoms. The van der Waals surface area contributed by atoms with Gasteiger partial charge in [-0.3, -0.25) is 0 Å². The summed E-state index contributed by atoms with van der Waals surface area (Å²) < 4.78 is 19.2. The van der Waals surface area contributed by atoms with Crippen LogP contribution in [0.5, 0.6) is 5.75 Å². The second kappa shape index (κ2) is 5.84. The molecule has 0 aliphatic carbocycles. The molecule has 0 saturated heterocycles. The van der Waals surface area contributed by atoms with E-state index < -0.39 is 0 Å². The molecule has 2 aromatic carbocycles. The Morgan fingerprint density at radius 3 is 2.67 bits per heavy atom. The lowest BCUT2D eigenvalue weighted by atomic mass is 9.93. The van der Waals surface area contributed by atoms with E-state index >= 15 is 0 Å². The van der Waals surface area contributed by atoms with Crippen molar-refractivity contribution in [2.45, 2.75) is 18.6 Å². The van der Waals surface area contributed by atoms with Gasteiger partial charge >= 0.3 is 0 Å². The van der Waals surface area contributed by atoms with Gasteiger partial charge in [0.15, 0.2) is 0 Å². The molecule has 2 aromatic rings. The average molecular weight is 326 g/mol. The van der Waals surface area contributed by atoms with E-state index in [2.05, 4.69) is 5.32 Å². The third-order valence-electron chi connectivity index (χ3n) is 3.72. The van der Waals surface area contributed by atoms with Crippen LogP contribution in [0.4, 0.5) is 4.39 Å². The molecule has 0 amide bonds. The molecule has 0 bridgehead atoms. The summed E-state index contributed by atoms with van der Waals surface area (Å²) in [5.41, 5.74) is 1.82. The first kappa shape index (κ1) is 14.6. The van der Waals surface area contributed by atoms with Gasteiger partial charge in [-0.1, -0.05) is 29.3 Å². The van der Waals surface area contributed by atoms with Crippen molar-refractivity contribution in [3.8, 4) is 5.75 Å². The number of fused-ring (bicyclic) bond motifs is 1. The lowest BCUT2D eigenvalue weighted by molar-refractivity contribution is 0.154. The van der Waals surface area contributed by atoms with Gasteiger partial charge in [-0.05, 0) is 37.4 Å². The Bertz CT molecular complexity index is 677. The van der Waals surface area contributed by atoms with Crippen LogP contribution in [0.25, 0.3) is 0 Å². The molecular weight excluding hydrogens is 312 g/mol. The van der Waals surface area contributed by atoms with Gasteiger partial charge in [0.05, 0.1) is 5.02 Å². The van der Waals surface area contributed by atoms with Gasteiger partial charge in [-0.2, -0.15) is 0 Å². The Kier molecular flexibility index (Phi) is 4.07. The summed E-state index contributed by atoms with van der Waals surface area (Å²) in [5, 5.41) is 4.32. The molecule has 1 aliphatic heterocycles. The zero-order valence-electron chi connectivity index (χ0n) is 11.4. The number of halogens is 3. The molecule has 0 spiro atoms. The molecule has 2 nitrogen and oxygen atoms in total. The van der Waals surface area contributed by atoms with Gasteiger partial charge in [0.1, 0.15) is 17.7 Å². The Morgan fingerprint density at radius 2 is 1.95 bits per heavy atom. The van der Waals surface area contributed by atoms with Crippen LogP contribution in [0.1, 0.15) is 29.7 Å². The molecule has 1 heterocycles. The third-order valence-corrected chi connectivity index (χ3v) is 4.29. The van der Waals surface area contributed by atoms with Gasteiger partial charge < -0.3 is 10.1 Å². The van der Waals surface area contributed by atoms with Crippen molar-refractivity contribution in [2.75, 3.05) is 7.05 Å². The van der Waals surface area contributed by atoms with E-state index in [0.29, 0.717) is 16.5 Å². The predicted molar refractivity (Wildman–Crippen MR) is 82.6 cm³/mol. The molecule has 21 heavy (non-hydrogen) atoms. The van der Waals surface area contributed by atoms with Crippen molar-refractivity contribution in [1.29, 1.82) is 0 Å². The van der Waals surface area contributed by atoms with Crippen LogP contribution in [-0.4, -0.2) is 7.05 Å². The molecule has 0 saturated carbocycles. The first-order chi connectivity index (χ1) is 10.1. The Balaban J connectivity index is 1.98. The zero-order chi connectivity index (χ0) is 15.0. The number of ether oxygens (including phenoxy) is 1. The number of nitrogens with one attached hydrogen (secondary N) is 1. The summed E-state index contributed by atoms with van der Waals surface area (Å²) in [6.07, 6.45) is 0.485. The minimum absolute atomic E-state index is 0.110. The molecule has 2 unspecified atom stereocenters. The van der Waals surface area contributed by atoms with E-state index in [0.717, 1.165) is 16.9 Å². The first-order valence-corrected chi connectivity index (χ1v) is 7.42. The standard InChI is InChI=1S/C16H14Cl2FNO/c1-20-14-8-16(11-4-3-10(19)7-13(11)18)21-15-5-2-9(17)6-12(14)15/h2-7,14,16,20H,8H2,1H3. The molecule has 1 N–H and O–H groups in total. The van der Waals surface area contributed by atoms with Crippen molar-refractivity contribution in [3.05, 3.63) is 63.4 Å². The largest absolute Gasteiger partial charge is 0.485 e. The van der Waals surface area contributed by atoms with Crippen LogP contribution < -0.4 is 10.1 Å². The van der Waals surface area contributed by atoms with Crippen molar-refractivity contribution in [3.63, 3.8) is 0 Å². The Hall–Kier alpha value is -1.29. The molecule has 110 valence electrons. The summed E-state index contributed by atoms with van der Waals surface area (Å²) in [5.74, 6) is 0.423. The lowest BCUT2D eigenvalue weighted by Crippen LogP contribution is -2.26. The van der Waals surface area contributed by atoms with Gasteiger partial charge in [0, 0.05) is 28.6 Å². The topological polar surface area (TPSA) is 21.3 Å². The van der Waals surface area contributed by atoms with E-state index in [4.69, 9.17) is 27.9 Å². The first-order valence-electron chi connectivity index (χ1n) is 6.67. The summed E-state index contributed by atoms with van der Waals surface area (Å²) in [4.78, 5) is 0. The maximum absolute atomic E-state index is 13.2. The highest BCUT2D eigenvalue weighted by atomic mass is 35.5. The molecule has 2 atom stereocenters. The van der Waals surface area contributed by atoms with Crippen molar-refractivity contribution >= 4 is 23.2 Å². The van der Waals surface area contributed by atoms with Crippen LogP contribution in [-0.2, 0) is 0 Å². The minimum Gasteiger partial charge on any atom is -0.485 e. The van der Waals surface area contributed by atoms with Gasteiger partial charge in [-0.25, -0.2) is 4.39 Å². The van der Waals surface area contributed by atoms with Crippen LogP contribution in [0.3, 0.4) is 0 Å². The Morgan fingerprint density at radius 1 is 1.14 bits per heavy atom. The number of hydrogen-bond acceptors (Lipinski definition) is 2. The quantitative estimate of drug-likeness (QED) is 0.846. The fourth-order valence-electron chi connectivity index (χ4n) is 2.67. The molecule has 1 aliphatic rings. The van der Waals surface area contributed by atoms with E-state index in [1.165, 1.54) is 12.1 Å². The molecule has 3 rings (SSSR count). The highest BCUT2D eigenvalue weighted by Crippen LogP contribution is 2.43. The van der Waals surface area contributed by atoms with Crippen molar-refractivity contribution < 1.29 is 9.13 Å². The number of hydrogen-bond donors (Lipinski definition) is 1. The van der Waals surface area contributed by atoms with Gasteiger partial charge in [0.2, 0.25) is 0 Å². The highest BCUT2D eigenvalue weighted by molar-refractivity contribution is 6.31. The lowest BCUT2D eigenvalue weighted by Gasteiger charge is -2.32. The summed E-state index contributed by atoms with van der Waals surface area (Å²) in [6.45, 7) is 0. The fraction of sp³-hybridized carbons (Fsp3) is 0.250. The predicted octanol–water partition coefficient (Wildman–Crippen LogP) is 4.92. The molecular formula is C16H14Cl2FNO. The molecule has 0 aromatic heterocycles. The van der Waals surface area contributed by atoms with Crippen LogP contribution in [0.15, 0.2) is 36.4 Å². The smallest absolute Gasteiger partial charge is 0.127 e. The SMILES string of the molecule is CNC1CC(c2ccc(F)cc2Cl)Oc2ccc(Cl)cc21. The molecule has 0 radical (unpaired) electrons. The third kappa shape index (κ3) is 2.86. The van der Waals surface area contributed by atoms with Crippen LogP contribution in [0.2, 0.25) is 10.0 Å². The van der Waals surface area contributed by atoms with Gasteiger partial charge in [0.25, 0.3) is 0 Å². The van der Waals surface area contributed by atoms with E-state index in [1.807, 2.05) is 19.2 Å². The van der Waals surface area contributed by atoms with Gasteiger partial charge in [-0.15, -0.1) is 0 Å². The normalized spacial score (nSPS) is 20.8. The number of benzene rings is 2. The maximum atomic E-state index is 13.2. The maximum Gasteiger partial charge on any atom is 0.127 e. The average Bonchev–Trinajstić information content (AvgIpc) is 2.46. The van der Waals surface area contributed by atoms with Crippen LogP contribution >= 0.6 is 23.2 Å². The monoisotopic (exact) mass is 325 g/mol. The van der Waals surface area contributed by atoms with E-state index in [9.17, 15) is 4.39 Å². The minimum atomic E-state index is -0.350. The van der Waals surface area contributed by atoms with Crippen LogP contribution in [0, 0.1) is 5.82 Å². The molecule has 0 fully saturated rings. The van der Waals surface area contributed by atoms with Crippen molar-refractivity contribution in [2.24, 2.45) is 0 Å². The fourth-order valence-corrected chi connectivity index (χ4v) is 3.14.